The maximum atomic E-state index is 13.1. The second-order valence-corrected chi connectivity index (χ2v) is 8.85. The van der Waals surface area contributed by atoms with E-state index in [1.807, 2.05) is 73.0 Å². The van der Waals surface area contributed by atoms with Crippen molar-refractivity contribution in [3.05, 3.63) is 52.8 Å². The van der Waals surface area contributed by atoms with Gasteiger partial charge < -0.3 is 19.7 Å². The first-order chi connectivity index (χ1) is 13.7. The number of nitrogens with one attached hydrogen (secondary N) is 1. The summed E-state index contributed by atoms with van der Waals surface area (Å²) >= 11 is 3.39. The maximum absolute atomic E-state index is 13.1. The smallest absolute Gasteiger partial charge is 0.322 e. The highest BCUT2D eigenvalue weighted by molar-refractivity contribution is 9.10. The van der Waals surface area contributed by atoms with Crippen LogP contribution in [0.5, 0.6) is 0 Å². The third-order valence-corrected chi connectivity index (χ3v) is 5.16. The first-order valence-electron chi connectivity index (χ1n) is 9.88. The van der Waals surface area contributed by atoms with Crippen LogP contribution in [0.1, 0.15) is 33.4 Å². The van der Waals surface area contributed by atoms with Crippen LogP contribution >= 0.6 is 15.9 Å². The van der Waals surface area contributed by atoms with Crippen LogP contribution in [0.25, 0.3) is 0 Å². The van der Waals surface area contributed by atoms with E-state index in [9.17, 15) is 9.59 Å². The Kier molecular flexibility index (Phi) is 8.32. The Morgan fingerprint density at radius 3 is 2.28 bits per heavy atom. The van der Waals surface area contributed by atoms with Gasteiger partial charge >= 0.3 is 6.03 Å². The van der Waals surface area contributed by atoms with E-state index in [1.54, 1.807) is 4.90 Å². The van der Waals surface area contributed by atoms with Crippen LogP contribution in [0.3, 0.4) is 0 Å². The second kappa shape index (κ2) is 10.5. The third kappa shape index (κ3) is 6.92. The summed E-state index contributed by atoms with van der Waals surface area (Å²) in [6, 6.07) is 11.0. The van der Waals surface area contributed by atoms with E-state index in [-0.39, 0.29) is 24.5 Å². The molecule has 1 N–H and O–H groups in total. The molecule has 2 aromatic rings. The highest BCUT2D eigenvalue weighted by Crippen LogP contribution is 2.16. The summed E-state index contributed by atoms with van der Waals surface area (Å²) in [7, 11) is 1.97. The van der Waals surface area contributed by atoms with Gasteiger partial charge in [-0.1, -0.05) is 29.8 Å². The van der Waals surface area contributed by atoms with E-state index in [1.165, 1.54) is 0 Å². The molecule has 0 aliphatic carbocycles. The number of benzene rings is 1. The van der Waals surface area contributed by atoms with Gasteiger partial charge in [-0.15, -0.1) is 0 Å². The number of rotatable bonds is 8. The van der Waals surface area contributed by atoms with E-state index in [2.05, 4.69) is 35.1 Å². The molecular weight excluding hydrogens is 432 g/mol. The molecule has 29 heavy (non-hydrogen) atoms. The zero-order chi connectivity index (χ0) is 21.6. The Bertz CT molecular complexity index is 814. The number of carbonyl (C=O) groups is 2. The lowest BCUT2D eigenvalue weighted by Crippen LogP contribution is -2.48. The van der Waals surface area contributed by atoms with E-state index >= 15 is 0 Å². The molecule has 1 heterocycles. The van der Waals surface area contributed by atoms with Crippen LogP contribution in [-0.4, -0.2) is 45.4 Å². The van der Waals surface area contributed by atoms with E-state index < -0.39 is 0 Å². The van der Waals surface area contributed by atoms with Crippen LogP contribution in [0, 0.1) is 5.92 Å². The van der Waals surface area contributed by atoms with Crippen molar-refractivity contribution in [2.24, 2.45) is 13.0 Å². The Morgan fingerprint density at radius 2 is 1.76 bits per heavy atom. The Morgan fingerprint density at radius 1 is 1.10 bits per heavy atom. The largest absolute Gasteiger partial charge is 0.353 e. The Balaban J connectivity index is 2.10. The molecule has 158 valence electrons. The number of carbonyl (C=O) groups excluding carboxylic acids is 2. The average molecular weight is 463 g/mol. The van der Waals surface area contributed by atoms with Crippen LogP contribution in [0.2, 0.25) is 0 Å². The summed E-state index contributed by atoms with van der Waals surface area (Å²) in [6.45, 7) is 9.22. The fourth-order valence-electron chi connectivity index (χ4n) is 3.01. The van der Waals surface area contributed by atoms with Crippen molar-refractivity contribution in [2.75, 3.05) is 18.4 Å². The van der Waals surface area contributed by atoms with Gasteiger partial charge in [0.2, 0.25) is 5.91 Å². The lowest BCUT2D eigenvalue weighted by molar-refractivity contribution is -0.133. The number of nitrogens with zero attached hydrogens (tertiary/aromatic N) is 3. The molecule has 1 aromatic carbocycles. The Hall–Kier alpha value is -2.28. The lowest BCUT2D eigenvalue weighted by Gasteiger charge is -2.31. The summed E-state index contributed by atoms with van der Waals surface area (Å²) in [5, 5.41) is 2.88. The van der Waals surface area contributed by atoms with Crippen molar-refractivity contribution in [1.82, 2.24) is 14.4 Å². The maximum Gasteiger partial charge on any atom is 0.322 e. The summed E-state index contributed by atoms with van der Waals surface area (Å²) in [5.74, 6) is 0.280. The molecule has 0 saturated carbocycles. The standard InChI is InChI=1S/C22H31BrN4O2/c1-16(2)13-26(14-20-7-6-12-25(20)5)21(28)15-27(17(3)4)22(29)24-19-10-8-18(23)9-11-19/h6-12,16-17H,13-15H2,1-5H3,(H,24,29). The average Bonchev–Trinajstić information content (AvgIpc) is 3.04. The molecule has 0 aliphatic heterocycles. The number of anilines is 1. The van der Waals surface area contributed by atoms with Crippen molar-refractivity contribution in [1.29, 1.82) is 0 Å². The van der Waals surface area contributed by atoms with E-state index in [0.717, 1.165) is 10.2 Å². The minimum atomic E-state index is -0.279. The van der Waals surface area contributed by atoms with Gasteiger partial charge in [0.15, 0.2) is 0 Å². The topological polar surface area (TPSA) is 57.6 Å². The monoisotopic (exact) mass is 462 g/mol. The normalized spacial score (nSPS) is 11.0. The SMILES string of the molecule is CC(C)CN(Cc1cccn1C)C(=O)CN(C(=O)Nc1ccc(Br)cc1)C(C)C. The third-order valence-electron chi connectivity index (χ3n) is 4.63. The van der Waals surface area contributed by atoms with Gasteiger partial charge in [-0.05, 0) is 56.2 Å². The zero-order valence-corrected chi connectivity index (χ0v) is 19.4. The number of urea groups is 1. The molecule has 0 fully saturated rings. The van der Waals surface area contributed by atoms with Gasteiger partial charge in [0, 0.05) is 41.7 Å². The number of hydrogen-bond acceptors (Lipinski definition) is 2. The fraction of sp³-hybridized carbons (Fsp3) is 0.455. The predicted octanol–water partition coefficient (Wildman–Crippen LogP) is 4.71. The minimum absolute atomic E-state index is 0.0389. The molecule has 1 aromatic heterocycles. The first-order valence-corrected chi connectivity index (χ1v) is 10.7. The van der Waals surface area contributed by atoms with Crippen LogP contribution in [0.4, 0.5) is 10.5 Å². The first kappa shape index (κ1) is 23.0. The van der Waals surface area contributed by atoms with Crippen molar-refractivity contribution < 1.29 is 9.59 Å². The molecule has 0 saturated heterocycles. The molecule has 6 nitrogen and oxygen atoms in total. The van der Waals surface area contributed by atoms with Gasteiger partial charge in [-0.3, -0.25) is 4.79 Å². The fourth-order valence-corrected chi connectivity index (χ4v) is 3.28. The number of halogens is 1. The summed E-state index contributed by atoms with van der Waals surface area (Å²) < 4.78 is 2.96. The van der Waals surface area contributed by atoms with E-state index in [4.69, 9.17) is 0 Å². The van der Waals surface area contributed by atoms with Gasteiger partial charge in [0.25, 0.3) is 0 Å². The molecule has 0 aliphatic rings. The molecule has 7 heteroatoms. The van der Waals surface area contributed by atoms with Crippen LogP contribution in [0.15, 0.2) is 47.1 Å². The van der Waals surface area contributed by atoms with Gasteiger partial charge in [0.1, 0.15) is 6.54 Å². The zero-order valence-electron chi connectivity index (χ0n) is 17.9. The second-order valence-electron chi connectivity index (χ2n) is 7.94. The predicted molar refractivity (Wildman–Crippen MR) is 121 cm³/mol. The van der Waals surface area contributed by atoms with Crippen molar-refractivity contribution >= 4 is 33.6 Å². The number of hydrogen-bond donors (Lipinski definition) is 1. The summed E-state index contributed by atoms with van der Waals surface area (Å²) in [6.07, 6.45) is 1.97. The van der Waals surface area contributed by atoms with Crippen molar-refractivity contribution in [2.45, 2.75) is 40.3 Å². The Labute approximate surface area is 182 Å². The lowest BCUT2D eigenvalue weighted by atomic mass is 10.2. The number of aromatic nitrogens is 1. The quantitative estimate of drug-likeness (QED) is 0.616. The van der Waals surface area contributed by atoms with Gasteiger partial charge in [-0.25, -0.2) is 4.79 Å². The van der Waals surface area contributed by atoms with E-state index in [0.29, 0.717) is 24.7 Å². The molecule has 0 atom stereocenters. The number of aryl methyl sites for hydroxylation is 1. The molecule has 2 rings (SSSR count). The molecule has 0 spiro atoms. The highest BCUT2D eigenvalue weighted by atomic mass is 79.9. The minimum Gasteiger partial charge on any atom is -0.353 e. The van der Waals surface area contributed by atoms with Gasteiger partial charge in [-0.2, -0.15) is 0 Å². The van der Waals surface area contributed by atoms with Crippen LogP contribution in [-0.2, 0) is 18.4 Å². The molecule has 0 bridgehead atoms. The summed E-state index contributed by atoms with van der Waals surface area (Å²) in [4.78, 5) is 29.3. The molecule has 0 radical (unpaired) electrons. The van der Waals surface area contributed by atoms with Crippen molar-refractivity contribution in [3.63, 3.8) is 0 Å². The molecule has 3 amide bonds. The van der Waals surface area contributed by atoms with Crippen molar-refractivity contribution in [3.8, 4) is 0 Å². The van der Waals surface area contributed by atoms with Crippen LogP contribution < -0.4 is 5.32 Å². The van der Waals surface area contributed by atoms with Gasteiger partial charge in [0.05, 0.1) is 6.54 Å². The molecule has 0 unspecified atom stereocenters. The number of amides is 3. The highest BCUT2D eigenvalue weighted by Gasteiger charge is 2.24. The summed E-state index contributed by atoms with van der Waals surface area (Å²) in [5.41, 5.74) is 1.76. The molecular formula is C22H31BrN4O2.